The highest BCUT2D eigenvalue weighted by Gasteiger charge is 2.30. The largest absolute Gasteiger partial charge is 0.449 e. The molecule has 1 amide bonds. The predicted octanol–water partition coefficient (Wildman–Crippen LogP) is 4.85. The first-order valence-corrected chi connectivity index (χ1v) is 13.4. The maximum Gasteiger partial charge on any atom is 0.340 e. The molecule has 0 fully saturated rings. The van der Waals surface area contributed by atoms with Crippen molar-refractivity contribution in [1.82, 2.24) is 9.88 Å². The summed E-state index contributed by atoms with van der Waals surface area (Å²) in [6, 6.07) is 9.85. The summed E-state index contributed by atoms with van der Waals surface area (Å²) in [6.45, 7) is 5.50. The van der Waals surface area contributed by atoms with E-state index >= 15 is 0 Å². The van der Waals surface area contributed by atoms with Crippen LogP contribution in [0.2, 0.25) is 0 Å². The van der Waals surface area contributed by atoms with Gasteiger partial charge in [0, 0.05) is 41.0 Å². The molecule has 186 valence electrons. The number of nitrogens with one attached hydrogen (secondary N) is 1. The lowest BCUT2D eigenvalue weighted by molar-refractivity contribution is -0.124. The number of thiophene rings is 1. The lowest BCUT2D eigenvalue weighted by atomic mass is 9.88. The lowest BCUT2D eigenvalue weighted by Crippen LogP contribution is -2.34. The summed E-state index contributed by atoms with van der Waals surface area (Å²) in [7, 11) is 2.02. The minimum Gasteiger partial charge on any atom is -0.449 e. The molecule has 36 heavy (non-hydrogen) atoms. The molecule has 0 bridgehead atoms. The number of carbonyl (C=O) groups is 2. The third-order valence-corrected chi connectivity index (χ3v) is 8.38. The molecule has 3 aromatic rings. The molecule has 0 saturated carbocycles. The van der Waals surface area contributed by atoms with Gasteiger partial charge in [0.25, 0.3) is 5.91 Å². The van der Waals surface area contributed by atoms with Crippen molar-refractivity contribution in [1.29, 1.82) is 5.26 Å². The Balaban J connectivity index is 1.42. The highest BCUT2D eigenvalue weighted by Crippen LogP contribution is 2.39. The zero-order valence-corrected chi connectivity index (χ0v) is 21.7. The molecule has 8 heteroatoms. The number of hydrogen-bond acceptors (Lipinski definition) is 7. The first-order valence-electron chi connectivity index (χ1n) is 12.5. The zero-order chi connectivity index (χ0) is 25.4. The average molecular weight is 503 g/mol. The minimum atomic E-state index is -0.967. The number of anilines is 1. The number of carbonyl (C=O) groups excluding carboxylic acids is 2. The summed E-state index contributed by atoms with van der Waals surface area (Å²) in [5.74, 6) is -0.351. The van der Waals surface area contributed by atoms with Crippen molar-refractivity contribution < 1.29 is 14.3 Å². The van der Waals surface area contributed by atoms with Crippen molar-refractivity contribution in [2.75, 3.05) is 18.9 Å². The van der Waals surface area contributed by atoms with Crippen molar-refractivity contribution in [3.63, 3.8) is 0 Å². The maximum atomic E-state index is 13.6. The summed E-state index contributed by atoms with van der Waals surface area (Å²) in [5.41, 5.74) is 4.63. The number of hydrogen-bond donors (Lipinski definition) is 1. The maximum absolute atomic E-state index is 13.6. The van der Waals surface area contributed by atoms with Crippen LogP contribution in [-0.4, -0.2) is 41.5 Å². The van der Waals surface area contributed by atoms with Gasteiger partial charge in [-0.2, -0.15) is 5.26 Å². The fraction of sp³-hybridized carbons (Fsp3) is 0.429. The molecular formula is C28H30N4O3S. The standard InChI is InChI=1S/C28H30N4O3S/c1-4-23(26(33)31-27-19(14-29)17-10-9-16(2)13-24(17)36-27)35-28(34)25-18-7-5-6-8-21(18)30-22-11-12-32(3)15-20(22)25/h5-8,16,23H,4,9-13,15H2,1-3H3,(H,31,33). The number of esters is 1. The van der Waals surface area contributed by atoms with E-state index in [0.717, 1.165) is 60.0 Å². The Kier molecular flexibility index (Phi) is 6.78. The number of ether oxygens (including phenoxy) is 1. The summed E-state index contributed by atoms with van der Waals surface area (Å²) in [5, 5.41) is 14.0. The van der Waals surface area contributed by atoms with Crippen LogP contribution in [0.25, 0.3) is 10.9 Å². The molecule has 2 aliphatic rings. The van der Waals surface area contributed by atoms with Gasteiger partial charge < -0.3 is 15.0 Å². The smallest absolute Gasteiger partial charge is 0.340 e. The molecule has 7 nitrogen and oxygen atoms in total. The third-order valence-electron chi connectivity index (χ3n) is 7.21. The highest BCUT2D eigenvalue weighted by molar-refractivity contribution is 7.16. The zero-order valence-electron chi connectivity index (χ0n) is 20.9. The molecule has 1 aliphatic carbocycles. The number of benzene rings is 1. The molecule has 0 spiro atoms. The van der Waals surface area contributed by atoms with E-state index in [4.69, 9.17) is 9.72 Å². The lowest BCUT2D eigenvalue weighted by Gasteiger charge is -2.27. The molecule has 5 rings (SSSR count). The second-order valence-corrected chi connectivity index (χ2v) is 11.0. The van der Waals surface area contributed by atoms with Gasteiger partial charge in [0.2, 0.25) is 0 Å². The van der Waals surface area contributed by atoms with E-state index in [1.807, 2.05) is 38.2 Å². The predicted molar refractivity (Wildman–Crippen MR) is 140 cm³/mol. The SMILES string of the molecule is CCC(OC(=O)c1c2c(nc3ccccc13)CCN(C)C2)C(=O)Nc1sc2c(c1C#N)CCC(C)C2. The van der Waals surface area contributed by atoms with Gasteiger partial charge in [-0.3, -0.25) is 9.78 Å². The van der Waals surface area contributed by atoms with E-state index in [2.05, 4.69) is 23.2 Å². The monoisotopic (exact) mass is 502 g/mol. The van der Waals surface area contributed by atoms with E-state index in [1.54, 1.807) is 0 Å². The molecule has 3 heterocycles. The molecule has 0 radical (unpaired) electrons. The van der Waals surface area contributed by atoms with Crippen LogP contribution in [0.5, 0.6) is 0 Å². The number of amides is 1. The van der Waals surface area contributed by atoms with E-state index in [0.29, 0.717) is 35.0 Å². The Bertz CT molecular complexity index is 1390. The Labute approximate surface area is 215 Å². The average Bonchev–Trinajstić information content (AvgIpc) is 3.21. The number of nitriles is 1. The van der Waals surface area contributed by atoms with E-state index in [1.165, 1.54) is 16.2 Å². The van der Waals surface area contributed by atoms with Crippen LogP contribution in [0.3, 0.4) is 0 Å². The van der Waals surface area contributed by atoms with Crippen LogP contribution in [0, 0.1) is 17.2 Å². The van der Waals surface area contributed by atoms with Crippen molar-refractivity contribution in [2.24, 2.45) is 5.92 Å². The van der Waals surface area contributed by atoms with E-state index < -0.39 is 18.0 Å². The van der Waals surface area contributed by atoms with Crippen molar-refractivity contribution >= 4 is 39.1 Å². The molecular weight excluding hydrogens is 472 g/mol. The summed E-state index contributed by atoms with van der Waals surface area (Å²) >= 11 is 1.47. The van der Waals surface area contributed by atoms with Gasteiger partial charge >= 0.3 is 5.97 Å². The molecule has 0 saturated heterocycles. The number of nitrogens with zero attached hydrogens (tertiary/aromatic N) is 3. The molecule has 2 atom stereocenters. The van der Waals surface area contributed by atoms with Gasteiger partial charge in [0.05, 0.1) is 16.6 Å². The number of para-hydroxylation sites is 1. The summed E-state index contributed by atoms with van der Waals surface area (Å²) in [6.07, 6.45) is 2.93. The van der Waals surface area contributed by atoms with Crippen LogP contribution in [-0.2, 0) is 35.3 Å². The summed E-state index contributed by atoms with van der Waals surface area (Å²) in [4.78, 5) is 35.0. The first-order chi connectivity index (χ1) is 17.4. The minimum absolute atomic E-state index is 0.326. The number of likely N-dealkylation sites (N-methyl/N-ethyl adjacent to an activating group) is 1. The van der Waals surface area contributed by atoms with Crippen LogP contribution in [0.15, 0.2) is 24.3 Å². The fourth-order valence-electron chi connectivity index (χ4n) is 5.22. The molecule has 2 aromatic heterocycles. The topological polar surface area (TPSA) is 95.3 Å². The normalized spacial score (nSPS) is 18.1. The van der Waals surface area contributed by atoms with Gasteiger partial charge in [0.15, 0.2) is 6.10 Å². The number of aromatic nitrogens is 1. The second kappa shape index (κ2) is 10.00. The summed E-state index contributed by atoms with van der Waals surface area (Å²) < 4.78 is 5.85. The second-order valence-electron chi connectivity index (χ2n) is 9.88. The molecule has 1 N–H and O–H groups in total. The van der Waals surface area contributed by atoms with Crippen molar-refractivity contribution in [2.45, 2.75) is 58.6 Å². The molecule has 1 aliphatic heterocycles. The first kappa shape index (κ1) is 24.4. The van der Waals surface area contributed by atoms with Gasteiger partial charge in [-0.15, -0.1) is 11.3 Å². The number of pyridine rings is 1. The Hall–Kier alpha value is -3.28. The molecule has 2 unspecified atom stereocenters. The Morgan fingerprint density at radius 1 is 1.31 bits per heavy atom. The van der Waals surface area contributed by atoms with Crippen LogP contribution in [0.4, 0.5) is 5.00 Å². The Morgan fingerprint density at radius 2 is 2.11 bits per heavy atom. The van der Waals surface area contributed by atoms with Crippen LogP contribution < -0.4 is 5.32 Å². The van der Waals surface area contributed by atoms with Gasteiger partial charge in [-0.1, -0.05) is 32.0 Å². The highest BCUT2D eigenvalue weighted by atomic mass is 32.1. The quantitative estimate of drug-likeness (QED) is 0.501. The number of rotatable bonds is 5. The third kappa shape index (κ3) is 4.49. The van der Waals surface area contributed by atoms with Gasteiger partial charge in [-0.25, -0.2) is 4.79 Å². The number of fused-ring (bicyclic) bond motifs is 3. The van der Waals surface area contributed by atoms with Crippen LogP contribution in [0.1, 0.15) is 64.3 Å². The Morgan fingerprint density at radius 3 is 2.89 bits per heavy atom. The van der Waals surface area contributed by atoms with Crippen molar-refractivity contribution in [3.8, 4) is 6.07 Å². The van der Waals surface area contributed by atoms with E-state index in [9.17, 15) is 14.9 Å². The van der Waals surface area contributed by atoms with E-state index in [-0.39, 0.29) is 0 Å². The van der Waals surface area contributed by atoms with Crippen LogP contribution >= 0.6 is 11.3 Å². The van der Waals surface area contributed by atoms with Crippen molar-refractivity contribution in [3.05, 3.63) is 57.1 Å². The van der Waals surface area contributed by atoms with Gasteiger partial charge in [0.1, 0.15) is 11.1 Å². The molecule has 1 aromatic carbocycles. The fourth-order valence-corrected chi connectivity index (χ4v) is 6.58. The van der Waals surface area contributed by atoms with Gasteiger partial charge in [-0.05, 0) is 50.3 Å².